The van der Waals surface area contributed by atoms with Crippen molar-refractivity contribution in [2.24, 2.45) is 0 Å². The molecule has 0 saturated carbocycles. The number of nitrogens with zero attached hydrogens (tertiary/aromatic N) is 1. The summed E-state index contributed by atoms with van der Waals surface area (Å²) in [4.78, 5) is 6.84. The molecule has 1 aromatic heterocycles. The fourth-order valence-corrected chi connectivity index (χ4v) is 1.18. The van der Waals surface area contributed by atoms with Gasteiger partial charge in [0.15, 0.2) is 0 Å². The van der Waals surface area contributed by atoms with E-state index in [0.717, 1.165) is 9.26 Å². The average molecular weight is 252 g/mol. The van der Waals surface area contributed by atoms with Crippen LogP contribution < -0.4 is 0 Å². The molecular weight excluding hydrogens is 247 g/mol. The normalized spacial score (nSPS) is 9.56. The van der Waals surface area contributed by atoms with Crippen molar-refractivity contribution in [2.75, 3.05) is 0 Å². The molecule has 0 spiro atoms. The maximum atomic E-state index is 4.90. The molecule has 48 valence electrons. The Labute approximate surface area is 71.9 Å². The summed E-state index contributed by atoms with van der Waals surface area (Å²) >= 11 is 7.09. The topological polar surface area (TPSA) is 28.7 Å². The summed E-state index contributed by atoms with van der Waals surface area (Å²) in [5.74, 6) is 0. The van der Waals surface area contributed by atoms with E-state index in [9.17, 15) is 0 Å². The Hall–Kier alpha value is 0.0300. The van der Waals surface area contributed by atoms with E-state index in [1.807, 2.05) is 6.92 Å². The Kier molecular flexibility index (Phi) is 2.18. The van der Waals surface area contributed by atoms with Gasteiger partial charge in [-0.25, -0.2) is 4.98 Å². The lowest BCUT2D eigenvalue weighted by atomic mass is 10.4. The SMILES string of the molecule is Cc1c(I)[nH]cnc1=S. The molecule has 0 fully saturated rings. The molecule has 0 bridgehead atoms. The molecule has 0 radical (unpaired) electrons. The third kappa shape index (κ3) is 1.48. The van der Waals surface area contributed by atoms with Gasteiger partial charge in [-0.1, -0.05) is 12.2 Å². The smallest absolute Gasteiger partial charge is 0.133 e. The second-order valence-electron chi connectivity index (χ2n) is 1.65. The van der Waals surface area contributed by atoms with E-state index in [1.54, 1.807) is 6.33 Å². The molecule has 0 aliphatic carbocycles. The van der Waals surface area contributed by atoms with Crippen molar-refractivity contribution in [2.45, 2.75) is 6.92 Å². The molecule has 1 rings (SSSR count). The highest BCUT2D eigenvalue weighted by Gasteiger charge is 1.92. The fraction of sp³-hybridized carbons (Fsp3) is 0.200. The molecule has 0 saturated heterocycles. The standard InChI is InChI=1S/C5H5IN2S/c1-3-4(6)7-2-8-5(3)9/h2H,1H3,(H,7,8,9). The zero-order valence-electron chi connectivity index (χ0n) is 4.81. The molecule has 0 aromatic carbocycles. The molecular formula is C5H5IN2S. The van der Waals surface area contributed by atoms with Crippen LogP contribution in [0.15, 0.2) is 6.33 Å². The van der Waals surface area contributed by atoms with Gasteiger partial charge in [-0.3, -0.25) is 0 Å². The minimum absolute atomic E-state index is 0.679. The number of nitrogens with one attached hydrogen (secondary N) is 1. The minimum Gasteiger partial charge on any atom is -0.341 e. The molecule has 0 amide bonds. The summed E-state index contributed by atoms with van der Waals surface area (Å²) in [7, 11) is 0. The lowest BCUT2D eigenvalue weighted by Gasteiger charge is -1.93. The van der Waals surface area contributed by atoms with Gasteiger partial charge in [0.2, 0.25) is 0 Å². The molecule has 1 heterocycles. The first kappa shape index (κ1) is 7.14. The Morgan fingerprint density at radius 3 is 2.89 bits per heavy atom. The molecule has 4 heteroatoms. The van der Waals surface area contributed by atoms with Crippen molar-refractivity contribution in [1.82, 2.24) is 9.97 Å². The fourth-order valence-electron chi connectivity index (χ4n) is 0.447. The summed E-state index contributed by atoms with van der Waals surface area (Å²) < 4.78 is 1.74. The van der Waals surface area contributed by atoms with Crippen molar-refractivity contribution >= 4 is 34.8 Å². The van der Waals surface area contributed by atoms with Crippen LogP contribution in [0.2, 0.25) is 0 Å². The second-order valence-corrected chi connectivity index (χ2v) is 3.11. The van der Waals surface area contributed by atoms with Crippen molar-refractivity contribution in [3.8, 4) is 0 Å². The van der Waals surface area contributed by atoms with Gasteiger partial charge >= 0.3 is 0 Å². The summed E-state index contributed by atoms with van der Waals surface area (Å²) in [6, 6.07) is 0. The van der Waals surface area contributed by atoms with E-state index < -0.39 is 0 Å². The van der Waals surface area contributed by atoms with Crippen LogP contribution >= 0.6 is 34.8 Å². The van der Waals surface area contributed by atoms with E-state index in [-0.39, 0.29) is 0 Å². The van der Waals surface area contributed by atoms with Crippen LogP contribution in [0.5, 0.6) is 0 Å². The maximum absolute atomic E-state index is 4.90. The van der Waals surface area contributed by atoms with Gasteiger partial charge in [0.1, 0.15) is 4.64 Å². The number of halogens is 1. The molecule has 2 nitrogen and oxygen atoms in total. The number of rotatable bonds is 0. The highest BCUT2D eigenvalue weighted by Crippen LogP contribution is 2.05. The first-order valence-electron chi connectivity index (χ1n) is 2.41. The molecule has 0 atom stereocenters. The van der Waals surface area contributed by atoms with Crippen LogP contribution in [-0.2, 0) is 0 Å². The first-order chi connectivity index (χ1) is 4.22. The van der Waals surface area contributed by atoms with E-state index >= 15 is 0 Å². The van der Waals surface area contributed by atoms with Gasteiger partial charge in [-0.2, -0.15) is 0 Å². The van der Waals surface area contributed by atoms with Crippen LogP contribution in [0.25, 0.3) is 0 Å². The Morgan fingerprint density at radius 2 is 2.44 bits per heavy atom. The van der Waals surface area contributed by atoms with Crippen molar-refractivity contribution in [3.63, 3.8) is 0 Å². The molecule has 9 heavy (non-hydrogen) atoms. The monoisotopic (exact) mass is 252 g/mol. The zero-order valence-corrected chi connectivity index (χ0v) is 7.78. The summed E-state index contributed by atoms with van der Waals surface area (Å²) in [5.41, 5.74) is 1.05. The number of H-pyrrole nitrogens is 1. The summed E-state index contributed by atoms with van der Waals surface area (Å²) in [6.07, 6.45) is 1.61. The Balaban J connectivity index is 3.43. The highest BCUT2D eigenvalue weighted by atomic mass is 127. The average Bonchev–Trinajstić information content (AvgIpc) is 1.83. The molecule has 0 aliphatic rings. The Bertz CT molecular complexity index is 268. The quantitative estimate of drug-likeness (QED) is 0.435. The third-order valence-corrected chi connectivity index (χ3v) is 2.56. The zero-order chi connectivity index (χ0) is 6.85. The van der Waals surface area contributed by atoms with Gasteiger partial charge in [0, 0.05) is 5.56 Å². The van der Waals surface area contributed by atoms with E-state index in [2.05, 4.69) is 32.6 Å². The predicted molar refractivity (Wildman–Crippen MR) is 46.9 cm³/mol. The Morgan fingerprint density at radius 1 is 1.78 bits per heavy atom. The maximum Gasteiger partial charge on any atom is 0.133 e. The largest absolute Gasteiger partial charge is 0.341 e. The first-order valence-corrected chi connectivity index (χ1v) is 3.90. The van der Waals surface area contributed by atoms with E-state index in [1.165, 1.54) is 0 Å². The number of aromatic amines is 1. The van der Waals surface area contributed by atoms with Gasteiger partial charge in [-0.05, 0) is 29.5 Å². The second kappa shape index (κ2) is 2.74. The van der Waals surface area contributed by atoms with Gasteiger partial charge in [0.25, 0.3) is 0 Å². The number of aromatic nitrogens is 2. The van der Waals surface area contributed by atoms with Gasteiger partial charge < -0.3 is 4.98 Å². The van der Waals surface area contributed by atoms with E-state index in [4.69, 9.17) is 12.2 Å². The van der Waals surface area contributed by atoms with Gasteiger partial charge in [0.05, 0.1) is 10.0 Å². The van der Waals surface area contributed by atoms with Crippen molar-refractivity contribution in [1.29, 1.82) is 0 Å². The van der Waals surface area contributed by atoms with Gasteiger partial charge in [-0.15, -0.1) is 0 Å². The van der Waals surface area contributed by atoms with Crippen LogP contribution in [0, 0.1) is 15.3 Å². The predicted octanol–water partition coefficient (Wildman–Crippen LogP) is 2.05. The third-order valence-electron chi connectivity index (χ3n) is 1.02. The minimum atomic E-state index is 0.679. The van der Waals surface area contributed by atoms with Crippen molar-refractivity contribution in [3.05, 3.63) is 20.2 Å². The lowest BCUT2D eigenvalue weighted by Crippen LogP contribution is -1.88. The number of hydrogen-bond acceptors (Lipinski definition) is 2. The van der Waals surface area contributed by atoms with Crippen LogP contribution in [0.1, 0.15) is 5.56 Å². The highest BCUT2D eigenvalue weighted by molar-refractivity contribution is 14.1. The molecule has 0 aliphatic heterocycles. The molecule has 1 aromatic rings. The molecule has 0 unspecified atom stereocenters. The number of hydrogen-bond donors (Lipinski definition) is 1. The van der Waals surface area contributed by atoms with Crippen LogP contribution in [0.4, 0.5) is 0 Å². The lowest BCUT2D eigenvalue weighted by molar-refractivity contribution is 1.08. The van der Waals surface area contributed by atoms with Crippen molar-refractivity contribution < 1.29 is 0 Å². The van der Waals surface area contributed by atoms with Crippen LogP contribution in [-0.4, -0.2) is 9.97 Å². The summed E-state index contributed by atoms with van der Waals surface area (Å²) in [5, 5.41) is 0. The molecule has 1 N–H and O–H groups in total. The van der Waals surface area contributed by atoms with Crippen LogP contribution in [0.3, 0.4) is 0 Å². The summed E-state index contributed by atoms with van der Waals surface area (Å²) in [6.45, 7) is 1.95. The van der Waals surface area contributed by atoms with E-state index in [0.29, 0.717) is 4.64 Å².